The fourth-order valence-corrected chi connectivity index (χ4v) is 3.57. The van der Waals surface area contributed by atoms with Gasteiger partial charge < -0.3 is 4.74 Å². The van der Waals surface area contributed by atoms with E-state index in [0.717, 1.165) is 17.3 Å². The van der Waals surface area contributed by atoms with Gasteiger partial charge in [0.2, 0.25) is 0 Å². The Morgan fingerprint density at radius 3 is 2.68 bits per heavy atom. The molecule has 0 unspecified atom stereocenters. The quantitative estimate of drug-likeness (QED) is 0.476. The summed E-state index contributed by atoms with van der Waals surface area (Å²) >= 11 is 9.54. The fourth-order valence-electron chi connectivity index (χ4n) is 1.87. The molecule has 0 aromatic heterocycles. The summed E-state index contributed by atoms with van der Waals surface area (Å²) in [7, 11) is 4.11. The third kappa shape index (κ3) is 6.53. The highest BCUT2D eigenvalue weighted by Gasteiger charge is 2.00. The molecule has 0 radical (unpaired) electrons. The highest BCUT2D eigenvalue weighted by Crippen LogP contribution is 2.23. The van der Waals surface area contributed by atoms with Gasteiger partial charge in [0.15, 0.2) is 0 Å². The minimum Gasteiger partial charge on any atom is -0.493 e. The number of hydrogen-bond donors (Lipinski definition) is 0. The SMILES string of the molecule is CN(C)Sc1cccc(CSCCOc2cccc(Cl)c2)c1. The van der Waals surface area contributed by atoms with E-state index in [1.165, 1.54) is 10.5 Å². The van der Waals surface area contributed by atoms with E-state index >= 15 is 0 Å². The Kier molecular flexibility index (Phi) is 7.46. The third-order valence-electron chi connectivity index (χ3n) is 2.75. The first-order chi connectivity index (χ1) is 10.6. The Morgan fingerprint density at radius 2 is 1.91 bits per heavy atom. The Morgan fingerprint density at radius 1 is 1.09 bits per heavy atom. The molecule has 0 aliphatic heterocycles. The Hall–Kier alpha value is -0.810. The van der Waals surface area contributed by atoms with Crippen molar-refractivity contribution < 1.29 is 4.74 Å². The number of thioether (sulfide) groups is 1. The van der Waals surface area contributed by atoms with Crippen LogP contribution in [-0.2, 0) is 5.75 Å². The molecular weight excluding hydrogens is 334 g/mol. The van der Waals surface area contributed by atoms with Gasteiger partial charge in [0.25, 0.3) is 0 Å². The van der Waals surface area contributed by atoms with Crippen molar-refractivity contribution in [1.82, 2.24) is 4.31 Å². The second-order valence-corrected chi connectivity index (χ2v) is 7.84. The smallest absolute Gasteiger partial charge is 0.120 e. The van der Waals surface area contributed by atoms with Crippen LogP contribution >= 0.6 is 35.3 Å². The van der Waals surface area contributed by atoms with Gasteiger partial charge in [0, 0.05) is 21.4 Å². The van der Waals surface area contributed by atoms with Gasteiger partial charge in [0.1, 0.15) is 5.75 Å². The average Bonchev–Trinajstić information content (AvgIpc) is 2.47. The molecule has 0 fully saturated rings. The number of halogens is 1. The first-order valence-corrected chi connectivity index (χ1v) is 9.34. The molecule has 0 amide bonds. The minimum absolute atomic E-state index is 0.692. The van der Waals surface area contributed by atoms with Crippen LogP contribution in [0.2, 0.25) is 5.02 Å². The van der Waals surface area contributed by atoms with Crippen LogP contribution < -0.4 is 4.74 Å². The van der Waals surface area contributed by atoms with Crippen molar-refractivity contribution in [3.8, 4) is 5.75 Å². The monoisotopic (exact) mass is 353 g/mol. The van der Waals surface area contributed by atoms with E-state index in [0.29, 0.717) is 11.6 Å². The predicted octanol–water partition coefficient (Wildman–Crippen LogP) is 5.22. The zero-order valence-corrected chi connectivity index (χ0v) is 15.2. The fraction of sp³-hybridized carbons (Fsp3) is 0.294. The molecule has 2 rings (SSSR count). The van der Waals surface area contributed by atoms with Crippen molar-refractivity contribution in [1.29, 1.82) is 0 Å². The molecule has 0 saturated heterocycles. The summed E-state index contributed by atoms with van der Waals surface area (Å²) in [4.78, 5) is 1.28. The van der Waals surface area contributed by atoms with E-state index in [4.69, 9.17) is 16.3 Å². The van der Waals surface area contributed by atoms with Crippen molar-refractivity contribution >= 4 is 35.3 Å². The van der Waals surface area contributed by atoms with Crippen molar-refractivity contribution in [3.05, 3.63) is 59.1 Å². The maximum Gasteiger partial charge on any atom is 0.120 e. The van der Waals surface area contributed by atoms with Gasteiger partial charge in [-0.1, -0.05) is 29.8 Å². The van der Waals surface area contributed by atoms with Gasteiger partial charge in [-0.15, -0.1) is 0 Å². The first-order valence-electron chi connectivity index (χ1n) is 7.04. The number of ether oxygens (including phenoxy) is 1. The zero-order valence-electron chi connectivity index (χ0n) is 12.8. The van der Waals surface area contributed by atoms with E-state index in [-0.39, 0.29) is 0 Å². The molecule has 5 heteroatoms. The molecule has 0 heterocycles. The van der Waals surface area contributed by atoms with E-state index in [1.54, 1.807) is 11.9 Å². The molecule has 0 aliphatic rings. The molecule has 118 valence electrons. The second kappa shape index (κ2) is 9.36. The Balaban J connectivity index is 1.70. The van der Waals surface area contributed by atoms with Crippen LogP contribution in [0.4, 0.5) is 0 Å². The summed E-state index contributed by atoms with van der Waals surface area (Å²) in [6.07, 6.45) is 0. The van der Waals surface area contributed by atoms with Crippen LogP contribution in [0.15, 0.2) is 53.4 Å². The summed E-state index contributed by atoms with van der Waals surface area (Å²) in [6.45, 7) is 0.692. The molecule has 0 N–H and O–H groups in total. The van der Waals surface area contributed by atoms with Crippen LogP contribution in [0.25, 0.3) is 0 Å². The topological polar surface area (TPSA) is 12.5 Å². The van der Waals surface area contributed by atoms with Crippen LogP contribution in [0.1, 0.15) is 5.56 Å². The summed E-state index contributed by atoms with van der Waals surface area (Å²) in [5, 5.41) is 0.709. The lowest BCUT2D eigenvalue weighted by Gasteiger charge is -2.10. The summed E-state index contributed by atoms with van der Waals surface area (Å²) in [5.74, 6) is 2.79. The Labute approximate surface area is 146 Å². The van der Waals surface area contributed by atoms with Crippen molar-refractivity contribution in [2.24, 2.45) is 0 Å². The van der Waals surface area contributed by atoms with E-state index in [9.17, 15) is 0 Å². The second-order valence-electron chi connectivity index (χ2n) is 4.91. The number of nitrogens with zero attached hydrogens (tertiary/aromatic N) is 1. The highest BCUT2D eigenvalue weighted by molar-refractivity contribution is 7.98. The third-order valence-corrected chi connectivity index (χ3v) is 4.81. The van der Waals surface area contributed by atoms with Gasteiger partial charge in [-0.25, -0.2) is 0 Å². The molecule has 2 nitrogen and oxygen atoms in total. The molecule has 2 aromatic rings. The maximum absolute atomic E-state index is 5.93. The van der Waals surface area contributed by atoms with Gasteiger partial charge in [-0.3, -0.25) is 4.31 Å². The Bertz CT molecular complexity index is 592. The molecule has 0 aliphatic carbocycles. The lowest BCUT2D eigenvalue weighted by atomic mass is 10.2. The molecule has 0 bridgehead atoms. The number of benzene rings is 2. The van der Waals surface area contributed by atoms with Gasteiger partial charge >= 0.3 is 0 Å². The first kappa shape index (κ1) is 17.5. The average molecular weight is 354 g/mol. The van der Waals surface area contributed by atoms with E-state index < -0.39 is 0 Å². The molecule has 0 saturated carbocycles. The molecule has 0 spiro atoms. The minimum atomic E-state index is 0.692. The molecule has 2 aromatic carbocycles. The zero-order chi connectivity index (χ0) is 15.8. The summed E-state index contributed by atoms with van der Waals surface area (Å²) in [6, 6.07) is 16.2. The number of rotatable bonds is 8. The highest BCUT2D eigenvalue weighted by atomic mass is 35.5. The van der Waals surface area contributed by atoms with Crippen molar-refractivity contribution in [3.63, 3.8) is 0 Å². The molecule has 0 atom stereocenters. The van der Waals surface area contributed by atoms with E-state index in [2.05, 4.69) is 42.7 Å². The normalized spacial score (nSPS) is 10.9. The maximum atomic E-state index is 5.93. The molecule has 22 heavy (non-hydrogen) atoms. The predicted molar refractivity (Wildman–Crippen MR) is 99.1 cm³/mol. The van der Waals surface area contributed by atoms with Crippen LogP contribution in [0.3, 0.4) is 0 Å². The van der Waals surface area contributed by atoms with E-state index in [1.807, 2.05) is 36.0 Å². The molecular formula is C17H20ClNOS2. The van der Waals surface area contributed by atoms with Gasteiger partial charge in [0.05, 0.1) is 6.61 Å². The largest absolute Gasteiger partial charge is 0.493 e. The standard InChI is InChI=1S/C17H20ClNOS2/c1-19(2)22-17-8-3-5-14(11-17)13-21-10-9-20-16-7-4-6-15(18)12-16/h3-8,11-12H,9-10,13H2,1-2H3. The van der Waals surface area contributed by atoms with Crippen molar-refractivity contribution in [2.45, 2.75) is 10.6 Å². The summed E-state index contributed by atoms with van der Waals surface area (Å²) in [5.41, 5.74) is 1.35. The lowest BCUT2D eigenvalue weighted by Crippen LogP contribution is -2.00. The van der Waals surface area contributed by atoms with Gasteiger partial charge in [-0.2, -0.15) is 11.8 Å². The van der Waals surface area contributed by atoms with Crippen LogP contribution in [-0.4, -0.2) is 30.8 Å². The van der Waals surface area contributed by atoms with Crippen molar-refractivity contribution in [2.75, 3.05) is 26.5 Å². The summed E-state index contributed by atoms with van der Waals surface area (Å²) < 4.78 is 7.79. The van der Waals surface area contributed by atoms with Crippen LogP contribution in [0, 0.1) is 0 Å². The van der Waals surface area contributed by atoms with Crippen LogP contribution in [0.5, 0.6) is 5.75 Å². The number of hydrogen-bond acceptors (Lipinski definition) is 4. The van der Waals surface area contributed by atoms with Gasteiger partial charge in [-0.05, 0) is 61.9 Å². The lowest BCUT2D eigenvalue weighted by molar-refractivity contribution is 0.344.